The lowest BCUT2D eigenvalue weighted by Crippen LogP contribution is -2.23. The van der Waals surface area contributed by atoms with E-state index in [-0.39, 0.29) is 5.91 Å². The molecule has 2 aromatic heterocycles. The average molecular weight is 309 g/mol. The van der Waals surface area contributed by atoms with Gasteiger partial charge in [-0.05, 0) is 17.7 Å². The quantitative estimate of drug-likeness (QED) is 0.788. The van der Waals surface area contributed by atoms with Crippen molar-refractivity contribution in [1.29, 1.82) is 0 Å². The first kappa shape index (κ1) is 14.4. The molecule has 5 heteroatoms. The Morgan fingerprint density at radius 2 is 1.91 bits per heavy atom. The second kappa shape index (κ2) is 6.95. The van der Waals surface area contributed by atoms with Crippen LogP contribution in [-0.2, 0) is 13.0 Å². The van der Waals surface area contributed by atoms with Gasteiger partial charge in [-0.15, -0.1) is 11.3 Å². The van der Waals surface area contributed by atoms with Crippen LogP contribution in [0.3, 0.4) is 0 Å². The lowest BCUT2D eigenvalue weighted by molar-refractivity contribution is 0.0945. The third-order valence-corrected chi connectivity index (χ3v) is 4.02. The molecule has 1 amide bonds. The van der Waals surface area contributed by atoms with E-state index < -0.39 is 0 Å². The zero-order chi connectivity index (χ0) is 15.2. The van der Waals surface area contributed by atoms with Gasteiger partial charge < -0.3 is 5.32 Å². The summed E-state index contributed by atoms with van der Waals surface area (Å²) in [4.78, 5) is 20.5. The first-order chi connectivity index (χ1) is 10.8. The number of carbonyl (C=O) groups is 1. The fraction of sp³-hybridized carbons (Fsp3) is 0.118. The molecule has 0 unspecified atom stereocenters. The van der Waals surface area contributed by atoms with Gasteiger partial charge in [0.1, 0.15) is 5.69 Å². The molecule has 0 saturated carbocycles. The fourth-order valence-corrected chi connectivity index (χ4v) is 2.87. The molecule has 2 heterocycles. The minimum absolute atomic E-state index is 0.182. The summed E-state index contributed by atoms with van der Waals surface area (Å²) in [5, 5.41) is 5.87. The number of aromatic nitrogens is 2. The fourth-order valence-electron chi connectivity index (χ4n) is 2.04. The van der Waals surface area contributed by atoms with E-state index >= 15 is 0 Å². The molecule has 0 radical (unpaired) electrons. The van der Waals surface area contributed by atoms with Gasteiger partial charge in [-0.2, -0.15) is 0 Å². The molecule has 0 atom stereocenters. The zero-order valence-corrected chi connectivity index (χ0v) is 12.7. The summed E-state index contributed by atoms with van der Waals surface area (Å²) in [5.74, 6) is -0.182. The highest BCUT2D eigenvalue weighted by atomic mass is 32.1. The van der Waals surface area contributed by atoms with E-state index in [1.807, 2.05) is 23.6 Å². The zero-order valence-electron chi connectivity index (χ0n) is 11.9. The molecule has 0 aliphatic heterocycles. The number of amides is 1. The molecule has 0 spiro atoms. The highest BCUT2D eigenvalue weighted by molar-refractivity contribution is 7.09. The summed E-state index contributed by atoms with van der Waals surface area (Å²) in [6, 6.07) is 15.5. The van der Waals surface area contributed by atoms with Gasteiger partial charge in [-0.1, -0.05) is 36.4 Å². The van der Waals surface area contributed by atoms with E-state index in [0.717, 1.165) is 17.1 Å². The number of carbonyl (C=O) groups excluding carboxylic acids is 1. The van der Waals surface area contributed by atoms with E-state index in [1.165, 1.54) is 5.56 Å². The molecule has 110 valence electrons. The van der Waals surface area contributed by atoms with Gasteiger partial charge in [-0.25, -0.2) is 4.98 Å². The minimum atomic E-state index is -0.182. The molecule has 0 fully saturated rings. The molecule has 0 aliphatic rings. The average Bonchev–Trinajstić information content (AvgIpc) is 3.02. The number of pyridine rings is 1. The predicted molar refractivity (Wildman–Crippen MR) is 86.8 cm³/mol. The molecule has 1 aromatic carbocycles. The Bertz CT molecular complexity index is 741. The second-order valence-corrected chi connectivity index (χ2v) is 5.74. The predicted octanol–water partition coefficient (Wildman–Crippen LogP) is 3.06. The summed E-state index contributed by atoms with van der Waals surface area (Å²) in [6.45, 7) is 0.417. The number of hydrogen-bond donors (Lipinski definition) is 1. The van der Waals surface area contributed by atoms with Crippen LogP contribution in [0, 0.1) is 0 Å². The number of hydrogen-bond acceptors (Lipinski definition) is 4. The number of nitrogens with one attached hydrogen (secondary N) is 1. The molecule has 3 aromatic rings. The van der Waals surface area contributed by atoms with E-state index in [2.05, 4.69) is 27.4 Å². The van der Waals surface area contributed by atoms with Crippen molar-refractivity contribution >= 4 is 17.2 Å². The van der Waals surface area contributed by atoms with Gasteiger partial charge in [0, 0.05) is 18.0 Å². The maximum absolute atomic E-state index is 11.9. The molecule has 0 bridgehead atoms. The molecule has 4 nitrogen and oxygen atoms in total. The molecule has 3 rings (SSSR count). The van der Waals surface area contributed by atoms with Crippen molar-refractivity contribution in [2.75, 3.05) is 0 Å². The Morgan fingerprint density at radius 3 is 2.68 bits per heavy atom. The highest BCUT2D eigenvalue weighted by Crippen LogP contribution is 2.14. The van der Waals surface area contributed by atoms with Crippen LogP contribution in [0.1, 0.15) is 26.8 Å². The Kier molecular flexibility index (Phi) is 4.56. The van der Waals surface area contributed by atoms with Crippen molar-refractivity contribution in [2.24, 2.45) is 0 Å². The van der Waals surface area contributed by atoms with Crippen molar-refractivity contribution in [3.05, 3.63) is 82.1 Å². The van der Waals surface area contributed by atoms with E-state index in [9.17, 15) is 4.79 Å². The maximum Gasteiger partial charge on any atom is 0.270 e. The van der Waals surface area contributed by atoms with Crippen molar-refractivity contribution in [1.82, 2.24) is 15.3 Å². The third kappa shape index (κ3) is 3.77. The normalized spacial score (nSPS) is 10.4. The monoisotopic (exact) mass is 309 g/mol. The van der Waals surface area contributed by atoms with Gasteiger partial charge in [0.15, 0.2) is 0 Å². The Balaban J connectivity index is 1.57. The smallest absolute Gasteiger partial charge is 0.270 e. The van der Waals surface area contributed by atoms with Crippen molar-refractivity contribution < 1.29 is 4.79 Å². The number of thiazole rings is 1. The SMILES string of the molecule is O=C(NCc1csc(Cc2ccccc2)n1)c1ccccn1. The molecule has 1 N–H and O–H groups in total. The standard InChI is InChI=1S/C17H15N3OS/c21-17(15-8-4-5-9-18-15)19-11-14-12-22-16(20-14)10-13-6-2-1-3-7-13/h1-9,12H,10-11H2,(H,19,21). The minimum Gasteiger partial charge on any atom is -0.345 e. The summed E-state index contributed by atoms with van der Waals surface area (Å²) in [6.07, 6.45) is 2.43. The van der Waals surface area contributed by atoms with Crippen molar-refractivity contribution in [3.8, 4) is 0 Å². The van der Waals surface area contributed by atoms with E-state index in [1.54, 1.807) is 35.7 Å². The van der Waals surface area contributed by atoms with Crippen LogP contribution in [0.25, 0.3) is 0 Å². The number of nitrogens with zero attached hydrogens (tertiary/aromatic N) is 2. The number of benzene rings is 1. The van der Waals surface area contributed by atoms with Crippen LogP contribution in [0.15, 0.2) is 60.1 Å². The largest absolute Gasteiger partial charge is 0.345 e. The maximum atomic E-state index is 11.9. The topological polar surface area (TPSA) is 54.9 Å². The van der Waals surface area contributed by atoms with Gasteiger partial charge in [0.2, 0.25) is 0 Å². The first-order valence-corrected chi connectivity index (χ1v) is 7.85. The van der Waals surface area contributed by atoms with Gasteiger partial charge in [0.25, 0.3) is 5.91 Å². The molecular formula is C17H15N3OS. The Hall–Kier alpha value is -2.53. The molecular weight excluding hydrogens is 294 g/mol. The first-order valence-electron chi connectivity index (χ1n) is 6.98. The van der Waals surface area contributed by atoms with E-state index in [0.29, 0.717) is 12.2 Å². The molecule has 22 heavy (non-hydrogen) atoms. The van der Waals surface area contributed by atoms with Gasteiger partial charge in [-0.3, -0.25) is 9.78 Å². The van der Waals surface area contributed by atoms with E-state index in [4.69, 9.17) is 0 Å². The Morgan fingerprint density at radius 1 is 1.09 bits per heavy atom. The van der Waals surface area contributed by atoms with Crippen molar-refractivity contribution in [3.63, 3.8) is 0 Å². The van der Waals surface area contributed by atoms with Crippen LogP contribution in [0.2, 0.25) is 0 Å². The van der Waals surface area contributed by atoms with Crippen LogP contribution >= 0.6 is 11.3 Å². The summed E-state index contributed by atoms with van der Waals surface area (Å²) in [5.41, 5.74) is 2.53. The second-order valence-electron chi connectivity index (χ2n) is 4.79. The Labute approximate surface area is 132 Å². The third-order valence-electron chi connectivity index (χ3n) is 3.13. The van der Waals surface area contributed by atoms with Crippen LogP contribution in [0.5, 0.6) is 0 Å². The number of rotatable bonds is 5. The summed E-state index contributed by atoms with van der Waals surface area (Å²) >= 11 is 1.61. The highest BCUT2D eigenvalue weighted by Gasteiger charge is 2.08. The lowest BCUT2D eigenvalue weighted by Gasteiger charge is -2.02. The van der Waals surface area contributed by atoms with Crippen LogP contribution in [-0.4, -0.2) is 15.9 Å². The van der Waals surface area contributed by atoms with Gasteiger partial charge >= 0.3 is 0 Å². The van der Waals surface area contributed by atoms with Crippen molar-refractivity contribution in [2.45, 2.75) is 13.0 Å². The lowest BCUT2D eigenvalue weighted by atomic mass is 10.2. The summed E-state index contributed by atoms with van der Waals surface area (Å²) in [7, 11) is 0. The van der Waals surface area contributed by atoms with Crippen LogP contribution < -0.4 is 5.32 Å². The summed E-state index contributed by atoms with van der Waals surface area (Å²) < 4.78 is 0. The van der Waals surface area contributed by atoms with Gasteiger partial charge in [0.05, 0.1) is 17.2 Å². The van der Waals surface area contributed by atoms with Crippen LogP contribution in [0.4, 0.5) is 0 Å². The molecule has 0 aliphatic carbocycles. The molecule has 0 saturated heterocycles.